The van der Waals surface area contributed by atoms with Gasteiger partial charge in [0.2, 0.25) is 5.88 Å². The number of nitro groups is 1. The molecule has 0 aliphatic heterocycles. The van der Waals surface area contributed by atoms with Crippen LogP contribution in [0.25, 0.3) is 0 Å². The minimum absolute atomic E-state index is 0.0299. The average molecular weight is 237 g/mol. The molecule has 0 bridgehead atoms. The zero-order valence-electron chi connectivity index (χ0n) is 9.41. The van der Waals surface area contributed by atoms with E-state index in [1.54, 1.807) is 0 Å². The first kappa shape index (κ1) is 11.8. The molecular weight excluding hydrogens is 222 g/mol. The average Bonchev–Trinajstić information content (AvgIpc) is 2.29. The highest BCUT2D eigenvalue weighted by Gasteiger charge is 2.21. The molecule has 2 unspecified atom stereocenters. The van der Waals surface area contributed by atoms with Gasteiger partial charge >= 0.3 is 0 Å². The van der Waals surface area contributed by atoms with E-state index in [1.807, 2.05) is 0 Å². The summed E-state index contributed by atoms with van der Waals surface area (Å²) < 4.78 is 5.65. The Morgan fingerprint density at radius 2 is 2.29 bits per heavy atom. The molecule has 1 fully saturated rings. The van der Waals surface area contributed by atoms with Gasteiger partial charge in [0.1, 0.15) is 12.3 Å². The van der Waals surface area contributed by atoms with Gasteiger partial charge in [0.05, 0.1) is 4.92 Å². The number of rotatable bonds is 3. The van der Waals surface area contributed by atoms with E-state index in [4.69, 9.17) is 10.5 Å². The molecular formula is C11H15N3O3. The number of nitrogens with zero attached hydrogens (tertiary/aromatic N) is 2. The zero-order valence-corrected chi connectivity index (χ0v) is 9.41. The molecule has 2 atom stereocenters. The largest absolute Gasteiger partial charge is 0.474 e. The quantitative estimate of drug-likeness (QED) is 0.637. The lowest BCUT2D eigenvalue weighted by atomic mass is 9.94. The molecule has 1 heterocycles. The monoisotopic (exact) mass is 237 g/mol. The van der Waals surface area contributed by atoms with Crippen molar-refractivity contribution in [3.05, 3.63) is 28.4 Å². The van der Waals surface area contributed by atoms with Crippen LogP contribution in [-0.2, 0) is 0 Å². The first-order valence-corrected chi connectivity index (χ1v) is 5.68. The number of hydrogen-bond donors (Lipinski definition) is 1. The van der Waals surface area contributed by atoms with Crippen LogP contribution in [0.15, 0.2) is 18.3 Å². The predicted octanol–water partition coefficient (Wildman–Crippen LogP) is 1.64. The van der Waals surface area contributed by atoms with Crippen molar-refractivity contribution in [2.45, 2.75) is 37.8 Å². The summed E-state index contributed by atoms with van der Waals surface area (Å²) in [5.74, 6) is 0.426. The van der Waals surface area contributed by atoms with Gasteiger partial charge in [-0.25, -0.2) is 4.98 Å². The smallest absolute Gasteiger partial charge is 0.287 e. The van der Waals surface area contributed by atoms with E-state index in [0.717, 1.165) is 25.7 Å². The fourth-order valence-corrected chi connectivity index (χ4v) is 2.01. The van der Waals surface area contributed by atoms with E-state index in [0.29, 0.717) is 5.88 Å². The lowest BCUT2D eigenvalue weighted by Gasteiger charge is -2.26. The molecule has 6 heteroatoms. The van der Waals surface area contributed by atoms with Crippen LogP contribution < -0.4 is 10.5 Å². The van der Waals surface area contributed by atoms with Gasteiger partial charge in [0.25, 0.3) is 5.69 Å². The van der Waals surface area contributed by atoms with E-state index in [2.05, 4.69) is 4.98 Å². The lowest BCUT2D eigenvalue weighted by Crippen LogP contribution is -2.33. The zero-order chi connectivity index (χ0) is 12.3. The molecule has 0 amide bonds. The van der Waals surface area contributed by atoms with Gasteiger partial charge in [0.15, 0.2) is 0 Å². The first-order valence-electron chi connectivity index (χ1n) is 5.68. The third-order valence-electron chi connectivity index (χ3n) is 2.89. The van der Waals surface area contributed by atoms with Gasteiger partial charge in [0, 0.05) is 18.2 Å². The molecule has 1 aromatic rings. The molecule has 17 heavy (non-hydrogen) atoms. The summed E-state index contributed by atoms with van der Waals surface area (Å²) in [7, 11) is 0. The number of aromatic nitrogens is 1. The summed E-state index contributed by atoms with van der Waals surface area (Å²) in [5.41, 5.74) is 5.82. The van der Waals surface area contributed by atoms with E-state index < -0.39 is 4.92 Å². The Morgan fingerprint density at radius 1 is 1.47 bits per heavy atom. The molecule has 6 nitrogen and oxygen atoms in total. The summed E-state index contributed by atoms with van der Waals surface area (Å²) in [6, 6.07) is 3.11. The van der Waals surface area contributed by atoms with E-state index in [1.165, 1.54) is 18.3 Å². The van der Waals surface area contributed by atoms with Crippen molar-refractivity contribution < 1.29 is 9.66 Å². The molecule has 2 N–H and O–H groups in total. The molecule has 1 saturated carbocycles. The summed E-state index contributed by atoms with van der Waals surface area (Å²) in [4.78, 5) is 13.9. The number of pyridine rings is 1. The van der Waals surface area contributed by atoms with Gasteiger partial charge in [-0.2, -0.15) is 0 Å². The molecule has 0 aromatic carbocycles. The highest BCUT2D eigenvalue weighted by atomic mass is 16.6. The summed E-state index contributed by atoms with van der Waals surface area (Å²) in [6.07, 6.45) is 5.16. The van der Waals surface area contributed by atoms with Crippen LogP contribution in [0, 0.1) is 10.1 Å². The van der Waals surface area contributed by atoms with Crippen molar-refractivity contribution in [3.63, 3.8) is 0 Å². The molecule has 1 aliphatic carbocycles. The second kappa shape index (κ2) is 5.09. The molecule has 1 aliphatic rings. The highest BCUT2D eigenvalue weighted by molar-refractivity contribution is 5.28. The molecule has 0 saturated heterocycles. The van der Waals surface area contributed by atoms with Gasteiger partial charge < -0.3 is 10.5 Å². The maximum Gasteiger partial charge on any atom is 0.287 e. The number of nitrogens with two attached hydrogens (primary N) is 1. The standard InChI is InChI=1S/C11H15N3O3/c12-8-2-1-3-10(6-8)17-11-5-4-9(7-13-11)14(15)16/h4-5,7-8,10H,1-3,6,12H2. The topological polar surface area (TPSA) is 91.3 Å². The third kappa shape index (κ3) is 3.13. The highest BCUT2D eigenvalue weighted by Crippen LogP contribution is 2.22. The van der Waals surface area contributed by atoms with Crippen molar-refractivity contribution in [2.75, 3.05) is 0 Å². The van der Waals surface area contributed by atoms with Crippen molar-refractivity contribution in [3.8, 4) is 5.88 Å². The Bertz CT molecular complexity index is 393. The maximum absolute atomic E-state index is 10.5. The number of hydrogen-bond acceptors (Lipinski definition) is 5. The Labute approximate surface area is 98.9 Å². The normalized spacial score (nSPS) is 24.3. The molecule has 2 rings (SSSR count). The SMILES string of the molecule is NC1CCCC(Oc2ccc([N+](=O)[O-])cn2)C1. The summed E-state index contributed by atoms with van der Waals surface area (Å²) in [6.45, 7) is 0. The second-order valence-electron chi connectivity index (χ2n) is 4.28. The minimum atomic E-state index is -0.479. The van der Waals surface area contributed by atoms with E-state index >= 15 is 0 Å². The van der Waals surface area contributed by atoms with Crippen LogP contribution in [-0.4, -0.2) is 22.1 Å². The molecule has 0 spiro atoms. The van der Waals surface area contributed by atoms with Gasteiger partial charge in [-0.3, -0.25) is 10.1 Å². The minimum Gasteiger partial charge on any atom is -0.474 e. The van der Waals surface area contributed by atoms with Crippen molar-refractivity contribution >= 4 is 5.69 Å². The summed E-state index contributed by atoms with van der Waals surface area (Å²) in [5, 5.41) is 10.5. The number of ether oxygens (including phenoxy) is 1. The molecule has 1 aromatic heterocycles. The van der Waals surface area contributed by atoms with Gasteiger partial charge in [-0.05, 0) is 25.7 Å². The molecule has 0 radical (unpaired) electrons. The van der Waals surface area contributed by atoms with Crippen molar-refractivity contribution in [2.24, 2.45) is 5.73 Å². The Balaban J connectivity index is 1.96. The summed E-state index contributed by atoms with van der Waals surface area (Å²) >= 11 is 0. The van der Waals surface area contributed by atoms with Gasteiger partial charge in [-0.15, -0.1) is 0 Å². The van der Waals surface area contributed by atoms with Crippen LogP contribution in [0.2, 0.25) is 0 Å². The predicted molar refractivity (Wildman–Crippen MR) is 61.8 cm³/mol. The Kier molecular flexibility index (Phi) is 3.53. The maximum atomic E-state index is 10.5. The van der Waals surface area contributed by atoms with Crippen LogP contribution in [0.1, 0.15) is 25.7 Å². The Hall–Kier alpha value is -1.69. The van der Waals surface area contributed by atoms with Crippen molar-refractivity contribution in [1.82, 2.24) is 4.98 Å². The Morgan fingerprint density at radius 3 is 2.88 bits per heavy atom. The first-order chi connectivity index (χ1) is 8.15. The van der Waals surface area contributed by atoms with E-state index in [-0.39, 0.29) is 17.8 Å². The lowest BCUT2D eigenvalue weighted by molar-refractivity contribution is -0.385. The third-order valence-corrected chi connectivity index (χ3v) is 2.89. The van der Waals surface area contributed by atoms with Gasteiger partial charge in [-0.1, -0.05) is 0 Å². The van der Waals surface area contributed by atoms with Crippen LogP contribution in [0.3, 0.4) is 0 Å². The van der Waals surface area contributed by atoms with E-state index in [9.17, 15) is 10.1 Å². The fourth-order valence-electron chi connectivity index (χ4n) is 2.01. The van der Waals surface area contributed by atoms with Crippen LogP contribution >= 0.6 is 0 Å². The van der Waals surface area contributed by atoms with Crippen LogP contribution in [0.5, 0.6) is 5.88 Å². The second-order valence-corrected chi connectivity index (χ2v) is 4.28. The van der Waals surface area contributed by atoms with Crippen LogP contribution in [0.4, 0.5) is 5.69 Å². The molecule has 92 valence electrons. The van der Waals surface area contributed by atoms with Crippen molar-refractivity contribution in [1.29, 1.82) is 0 Å². The fraction of sp³-hybridized carbons (Fsp3) is 0.545.